The Morgan fingerprint density at radius 2 is 2.28 bits per heavy atom. The number of carbonyl (C=O) groups excluding carboxylic acids is 1. The topological polar surface area (TPSA) is 44.9 Å². The standard InChI is InChI=1S/C14H15ClN2O/c15-11-1-2-12-9(8-17-13(12)6-11)5-10-7-16-4-3-14(10)18/h1-2,6,8,10,16-17H,3-5,7H2. The van der Waals surface area contributed by atoms with Crippen molar-refractivity contribution in [1.29, 1.82) is 0 Å². The van der Waals surface area contributed by atoms with Crippen molar-refractivity contribution >= 4 is 28.3 Å². The molecule has 0 bridgehead atoms. The number of Topliss-reactive ketones (excluding diaryl/α,β-unsaturated/α-hetero) is 1. The minimum Gasteiger partial charge on any atom is -0.361 e. The van der Waals surface area contributed by atoms with Gasteiger partial charge in [-0.15, -0.1) is 0 Å². The molecule has 1 aliphatic rings. The van der Waals surface area contributed by atoms with Gasteiger partial charge in [0.1, 0.15) is 5.78 Å². The Balaban J connectivity index is 1.88. The molecule has 2 aromatic rings. The van der Waals surface area contributed by atoms with Gasteiger partial charge in [0.2, 0.25) is 0 Å². The summed E-state index contributed by atoms with van der Waals surface area (Å²) in [6, 6.07) is 5.83. The van der Waals surface area contributed by atoms with Gasteiger partial charge in [-0.2, -0.15) is 0 Å². The fraction of sp³-hybridized carbons (Fsp3) is 0.357. The monoisotopic (exact) mass is 262 g/mol. The van der Waals surface area contributed by atoms with Crippen LogP contribution < -0.4 is 5.32 Å². The molecule has 0 spiro atoms. The molecule has 1 aliphatic heterocycles. The zero-order valence-corrected chi connectivity index (χ0v) is 10.8. The summed E-state index contributed by atoms with van der Waals surface area (Å²) in [4.78, 5) is 15.1. The number of ketones is 1. The van der Waals surface area contributed by atoms with Crippen molar-refractivity contribution < 1.29 is 4.79 Å². The van der Waals surface area contributed by atoms with Crippen molar-refractivity contribution in [2.24, 2.45) is 5.92 Å². The number of piperidine rings is 1. The van der Waals surface area contributed by atoms with Crippen molar-refractivity contribution in [3.8, 4) is 0 Å². The van der Waals surface area contributed by atoms with E-state index >= 15 is 0 Å². The second-order valence-corrected chi connectivity index (χ2v) is 5.26. The van der Waals surface area contributed by atoms with Gasteiger partial charge in [-0.1, -0.05) is 17.7 Å². The second-order valence-electron chi connectivity index (χ2n) is 4.83. The van der Waals surface area contributed by atoms with Gasteiger partial charge in [0.15, 0.2) is 0 Å². The number of fused-ring (bicyclic) bond motifs is 1. The molecule has 1 aromatic heterocycles. The predicted molar refractivity (Wildman–Crippen MR) is 73.0 cm³/mol. The summed E-state index contributed by atoms with van der Waals surface area (Å²) in [6.07, 6.45) is 3.44. The number of rotatable bonds is 2. The molecule has 94 valence electrons. The Bertz CT molecular complexity index is 590. The SMILES string of the molecule is O=C1CCNCC1Cc1c[nH]c2cc(Cl)ccc12. The Kier molecular flexibility index (Phi) is 3.10. The van der Waals surface area contributed by atoms with E-state index in [9.17, 15) is 4.79 Å². The summed E-state index contributed by atoms with van der Waals surface area (Å²) in [7, 11) is 0. The van der Waals surface area contributed by atoms with Crippen LogP contribution in [0.15, 0.2) is 24.4 Å². The second kappa shape index (κ2) is 4.75. The lowest BCUT2D eigenvalue weighted by Gasteiger charge is -2.21. The summed E-state index contributed by atoms with van der Waals surface area (Å²) in [5.74, 6) is 0.477. The van der Waals surface area contributed by atoms with Crippen molar-refractivity contribution in [2.45, 2.75) is 12.8 Å². The summed E-state index contributed by atoms with van der Waals surface area (Å²) in [5, 5.41) is 5.18. The summed E-state index contributed by atoms with van der Waals surface area (Å²) >= 11 is 5.96. The Labute approximate surface area is 111 Å². The molecular weight excluding hydrogens is 248 g/mol. The minimum atomic E-state index is 0.105. The molecule has 3 rings (SSSR count). The molecule has 1 atom stereocenters. The number of benzene rings is 1. The van der Waals surface area contributed by atoms with Gasteiger partial charge in [-0.25, -0.2) is 0 Å². The molecule has 2 heterocycles. The maximum atomic E-state index is 11.8. The largest absolute Gasteiger partial charge is 0.361 e. The highest BCUT2D eigenvalue weighted by molar-refractivity contribution is 6.31. The number of hydrogen-bond donors (Lipinski definition) is 2. The van der Waals surface area contributed by atoms with Crippen molar-refractivity contribution in [3.05, 3.63) is 35.0 Å². The lowest BCUT2D eigenvalue weighted by Crippen LogP contribution is -2.37. The van der Waals surface area contributed by atoms with Gasteiger partial charge >= 0.3 is 0 Å². The number of halogens is 1. The van der Waals surface area contributed by atoms with Crippen molar-refractivity contribution in [3.63, 3.8) is 0 Å². The summed E-state index contributed by atoms with van der Waals surface area (Å²) < 4.78 is 0. The van der Waals surface area contributed by atoms with Crippen LogP contribution in [0.2, 0.25) is 5.02 Å². The Morgan fingerprint density at radius 1 is 1.39 bits per heavy atom. The van der Waals surface area contributed by atoms with E-state index in [0.29, 0.717) is 12.2 Å². The molecule has 0 amide bonds. The van der Waals surface area contributed by atoms with Crippen LogP contribution in [0.5, 0.6) is 0 Å². The molecular formula is C14H15ClN2O. The molecule has 2 N–H and O–H groups in total. The number of hydrogen-bond acceptors (Lipinski definition) is 2. The minimum absolute atomic E-state index is 0.105. The van der Waals surface area contributed by atoms with Crippen molar-refractivity contribution in [1.82, 2.24) is 10.3 Å². The van der Waals surface area contributed by atoms with Gasteiger partial charge < -0.3 is 10.3 Å². The number of nitrogens with one attached hydrogen (secondary N) is 2. The molecule has 4 heteroatoms. The normalized spacial score (nSPS) is 20.5. The van der Waals surface area contributed by atoms with Crippen LogP contribution in [0.1, 0.15) is 12.0 Å². The lowest BCUT2D eigenvalue weighted by atomic mass is 9.91. The predicted octanol–water partition coefficient (Wildman–Crippen LogP) is 2.54. The van der Waals surface area contributed by atoms with Crippen LogP contribution >= 0.6 is 11.6 Å². The van der Waals surface area contributed by atoms with E-state index in [1.165, 1.54) is 5.56 Å². The first kappa shape index (κ1) is 11.8. The number of aromatic amines is 1. The van der Waals surface area contributed by atoms with E-state index < -0.39 is 0 Å². The number of aromatic nitrogens is 1. The van der Waals surface area contributed by atoms with E-state index in [4.69, 9.17) is 11.6 Å². The van der Waals surface area contributed by atoms with Gasteiger partial charge in [-0.05, 0) is 24.1 Å². The molecule has 0 radical (unpaired) electrons. The quantitative estimate of drug-likeness (QED) is 0.874. The highest BCUT2D eigenvalue weighted by atomic mass is 35.5. The highest BCUT2D eigenvalue weighted by Gasteiger charge is 2.23. The molecule has 1 saturated heterocycles. The fourth-order valence-corrected chi connectivity index (χ4v) is 2.76. The van der Waals surface area contributed by atoms with E-state index in [1.807, 2.05) is 24.4 Å². The van der Waals surface area contributed by atoms with Gasteiger partial charge in [0.05, 0.1) is 0 Å². The summed E-state index contributed by atoms with van der Waals surface area (Å²) in [5.41, 5.74) is 2.23. The first-order chi connectivity index (χ1) is 8.74. The molecule has 0 aliphatic carbocycles. The number of H-pyrrole nitrogens is 1. The maximum absolute atomic E-state index is 11.8. The molecule has 0 saturated carbocycles. The first-order valence-electron chi connectivity index (χ1n) is 6.23. The van der Waals surface area contributed by atoms with Gasteiger partial charge in [0, 0.05) is 47.6 Å². The average molecular weight is 263 g/mol. The van der Waals surface area contributed by atoms with Gasteiger partial charge in [0.25, 0.3) is 0 Å². The van der Waals surface area contributed by atoms with Crippen LogP contribution in [0.3, 0.4) is 0 Å². The third kappa shape index (κ3) is 2.16. The van der Waals surface area contributed by atoms with Crippen molar-refractivity contribution in [2.75, 3.05) is 13.1 Å². The van der Waals surface area contributed by atoms with Crippen LogP contribution in [0.4, 0.5) is 0 Å². The molecule has 1 unspecified atom stereocenters. The zero-order chi connectivity index (χ0) is 12.5. The van der Waals surface area contributed by atoms with Gasteiger partial charge in [-0.3, -0.25) is 4.79 Å². The highest BCUT2D eigenvalue weighted by Crippen LogP contribution is 2.24. The third-order valence-electron chi connectivity index (χ3n) is 3.59. The first-order valence-corrected chi connectivity index (χ1v) is 6.61. The zero-order valence-electron chi connectivity index (χ0n) is 10.0. The van der Waals surface area contributed by atoms with Crippen LogP contribution in [0, 0.1) is 5.92 Å². The molecule has 1 fully saturated rings. The third-order valence-corrected chi connectivity index (χ3v) is 3.83. The number of carbonyl (C=O) groups is 1. The molecule has 3 nitrogen and oxygen atoms in total. The Hall–Kier alpha value is -1.32. The average Bonchev–Trinajstić information content (AvgIpc) is 2.74. The molecule has 18 heavy (non-hydrogen) atoms. The molecule has 1 aromatic carbocycles. The smallest absolute Gasteiger partial charge is 0.138 e. The fourth-order valence-electron chi connectivity index (χ4n) is 2.58. The van der Waals surface area contributed by atoms with E-state index in [0.717, 1.165) is 35.4 Å². The van der Waals surface area contributed by atoms with E-state index in [2.05, 4.69) is 10.3 Å². The Morgan fingerprint density at radius 3 is 3.11 bits per heavy atom. The van der Waals surface area contributed by atoms with E-state index in [-0.39, 0.29) is 5.92 Å². The van der Waals surface area contributed by atoms with E-state index in [1.54, 1.807) is 0 Å². The maximum Gasteiger partial charge on any atom is 0.138 e. The van der Waals surface area contributed by atoms with Crippen LogP contribution in [-0.2, 0) is 11.2 Å². The lowest BCUT2D eigenvalue weighted by molar-refractivity contribution is -0.123. The van der Waals surface area contributed by atoms with Crippen LogP contribution in [-0.4, -0.2) is 23.9 Å². The van der Waals surface area contributed by atoms with Crippen LogP contribution in [0.25, 0.3) is 10.9 Å². The summed E-state index contributed by atoms with van der Waals surface area (Å²) in [6.45, 7) is 1.61.